The minimum Gasteiger partial charge on any atom is -0.474 e. The van der Waals surface area contributed by atoms with Gasteiger partial charge in [0.1, 0.15) is 12.3 Å². The molecule has 8 nitrogen and oxygen atoms in total. The van der Waals surface area contributed by atoms with E-state index < -0.39 is 0 Å². The van der Waals surface area contributed by atoms with E-state index in [0.29, 0.717) is 42.0 Å². The SMILES string of the molecule is COCCOc1ncccc1Nc1nccc(-c2cc(C#N)c3c(c2)[C@](C)(CO)CC3)n1. The highest BCUT2D eigenvalue weighted by Gasteiger charge is 2.35. The van der Waals surface area contributed by atoms with Crippen LogP contribution in [0.25, 0.3) is 11.3 Å². The van der Waals surface area contributed by atoms with Gasteiger partial charge in [-0.15, -0.1) is 0 Å². The molecule has 4 rings (SSSR count). The van der Waals surface area contributed by atoms with Crippen molar-refractivity contribution in [3.05, 3.63) is 59.4 Å². The summed E-state index contributed by atoms with van der Waals surface area (Å²) in [6.07, 6.45) is 4.92. The Kier molecular flexibility index (Phi) is 6.30. The van der Waals surface area contributed by atoms with Crippen molar-refractivity contribution < 1.29 is 14.6 Å². The lowest BCUT2D eigenvalue weighted by Gasteiger charge is -2.23. The number of nitrogens with one attached hydrogen (secondary N) is 1. The summed E-state index contributed by atoms with van der Waals surface area (Å²) in [5.74, 6) is 0.817. The van der Waals surface area contributed by atoms with Crippen molar-refractivity contribution in [2.45, 2.75) is 25.2 Å². The predicted molar refractivity (Wildman–Crippen MR) is 120 cm³/mol. The highest BCUT2D eigenvalue weighted by atomic mass is 16.5. The number of methoxy groups -OCH3 is 1. The third kappa shape index (κ3) is 4.26. The molecule has 0 spiro atoms. The van der Waals surface area contributed by atoms with Gasteiger partial charge in [0.2, 0.25) is 11.8 Å². The highest BCUT2D eigenvalue weighted by Crippen LogP contribution is 2.42. The average molecular weight is 431 g/mol. The summed E-state index contributed by atoms with van der Waals surface area (Å²) >= 11 is 0. The maximum Gasteiger partial charge on any atom is 0.237 e. The quantitative estimate of drug-likeness (QED) is 0.522. The molecule has 2 heterocycles. The van der Waals surface area contributed by atoms with Gasteiger partial charge in [0.25, 0.3) is 0 Å². The van der Waals surface area contributed by atoms with E-state index in [-0.39, 0.29) is 12.0 Å². The molecule has 0 aliphatic heterocycles. The zero-order valence-electron chi connectivity index (χ0n) is 18.1. The Bertz CT molecular complexity index is 1160. The smallest absolute Gasteiger partial charge is 0.237 e. The first-order valence-corrected chi connectivity index (χ1v) is 10.4. The van der Waals surface area contributed by atoms with Gasteiger partial charge in [-0.2, -0.15) is 5.26 Å². The van der Waals surface area contributed by atoms with Gasteiger partial charge in [0.15, 0.2) is 0 Å². The summed E-state index contributed by atoms with van der Waals surface area (Å²) < 4.78 is 10.7. The van der Waals surface area contributed by atoms with Crippen molar-refractivity contribution in [2.75, 3.05) is 32.2 Å². The van der Waals surface area contributed by atoms with E-state index >= 15 is 0 Å². The number of anilines is 2. The fourth-order valence-corrected chi connectivity index (χ4v) is 3.95. The number of aromatic nitrogens is 3. The van der Waals surface area contributed by atoms with Gasteiger partial charge in [-0.05, 0) is 54.3 Å². The number of ether oxygens (including phenoxy) is 2. The van der Waals surface area contributed by atoms with Gasteiger partial charge >= 0.3 is 0 Å². The Morgan fingerprint density at radius 1 is 1.22 bits per heavy atom. The van der Waals surface area contributed by atoms with Gasteiger partial charge in [0, 0.05) is 30.5 Å². The monoisotopic (exact) mass is 431 g/mol. The zero-order chi connectivity index (χ0) is 22.6. The molecular formula is C24H25N5O3. The maximum absolute atomic E-state index is 9.96. The van der Waals surface area contributed by atoms with Crippen molar-refractivity contribution in [3.63, 3.8) is 0 Å². The zero-order valence-corrected chi connectivity index (χ0v) is 18.1. The molecule has 2 N–H and O–H groups in total. The summed E-state index contributed by atoms with van der Waals surface area (Å²) in [6.45, 7) is 2.90. The second kappa shape index (κ2) is 9.30. The Morgan fingerprint density at radius 2 is 2.09 bits per heavy atom. The number of aliphatic hydroxyl groups excluding tert-OH is 1. The average Bonchev–Trinajstić information content (AvgIpc) is 3.17. The van der Waals surface area contributed by atoms with Crippen LogP contribution >= 0.6 is 0 Å². The summed E-state index contributed by atoms with van der Waals surface area (Å²) in [7, 11) is 1.61. The summed E-state index contributed by atoms with van der Waals surface area (Å²) in [5.41, 5.74) is 4.45. The predicted octanol–water partition coefficient (Wildman–Crippen LogP) is 3.38. The van der Waals surface area contributed by atoms with E-state index in [1.807, 2.05) is 25.1 Å². The van der Waals surface area contributed by atoms with Gasteiger partial charge in [-0.1, -0.05) is 6.92 Å². The molecule has 0 radical (unpaired) electrons. The van der Waals surface area contributed by atoms with Gasteiger partial charge < -0.3 is 19.9 Å². The molecule has 8 heteroatoms. The van der Waals surface area contributed by atoms with E-state index in [1.165, 1.54) is 0 Å². The first-order chi connectivity index (χ1) is 15.6. The molecule has 0 unspecified atom stereocenters. The van der Waals surface area contributed by atoms with Crippen LogP contribution in [0, 0.1) is 11.3 Å². The summed E-state index contributed by atoms with van der Waals surface area (Å²) in [6, 6.07) is 11.6. The molecule has 164 valence electrons. The van der Waals surface area contributed by atoms with Crippen LogP contribution in [0.5, 0.6) is 5.88 Å². The minimum atomic E-state index is -0.352. The van der Waals surface area contributed by atoms with Crippen LogP contribution < -0.4 is 10.1 Å². The maximum atomic E-state index is 9.96. The Labute approximate surface area is 186 Å². The van der Waals surface area contributed by atoms with Crippen molar-refractivity contribution in [1.29, 1.82) is 5.26 Å². The van der Waals surface area contributed by atoms with Crippen LogP contribution in [0.2, 0.25) is 0 Å². The fraction of sp³-hybridized carbons (Fsp3) is 0.333. The molecule has 1 atom stereocenters. The number of hydrogen-bond donors (Lipinski definition) is 2. The lowest BCUT2D eigenvalue weighted by atomic mass is 9.83. The molecule has 0 fully saturated rings. The second-order valence-corrected chi connectivity index (χ2v) is 7.97. The second-order valence-electron chi connectivity index (χ2n) is 7.97. The van der Waals surface area contributed by atoms with E-state index in [2.05, 4.69) is 26.3 Å². The van der Waals surface area contributed by atoms with Gasteiger partial charge in [0.05, 0.1) is 30.5 Å². The third-order valence-corrected chi connectivity index (χ3v) is 5.79. The summed E-state index contributed by atoms with van der Waals surface area (Å²) in [4.78, 5) is 13.2. The number of pyridine rings is 1. The van der Waals surface area contributed by atoms with E-state index in [9.17, 15) is 10.4 Å². The molecule has 3 aromatic rings. The number of hydrogen-bond acceptors (Lipinski definition) is 8. The Hall–Kier alpha value is -3.54. The fourth-order valence-electron chi connectivity index (χ4n) is 3.95. The van der Waals surface area contributed by atoms with Crippen LogP contribution in [0.1, 0.15) is 30.0 Å². The van der Waals surface area contributed by atoms with Crippen LogP contribution in [0.4, 0.5) is 11.6 Å². The van der Waals surface area contributed by atoms with Crippen LogP contribution in [-0.2, 0) is 16.6 Å². The van der Waals surface area contributed by atoms with E-state index in [0.717, 1.165) is 29.5 Å². The number of rotatable bonds is 8. The summed E-state index contributed by atoms with van der Waals surface area (Å²) in [5, 5.41) is 22.8. The van der Waals surface area contributed by atoms with Crippen LogP contribution in [0.3, 0.4) is 0 Å². The van der Waals surface area contributed by atoms with E-state index in [4.69, 9.17) is 9.47 Å². The van der Waals surface area contributed by atoms with Crippen LogP contribution in [-0.4, -0.2) is 47.0 Å². The first kappa shape index (κ1) is 21.7. The highest BCUT2D eigenvalue weighted by molar-refractivity contribution is 5.68. The molecule has 0 saturated heterocycles. The molecular weight excluding hydrogens is 406 g/mol. The molecule has 1 aliphatic rings. The number of nitrogens with zero attached hydrogens (tertiary/aromatic N) is 4. The van der Waals surface area contributed by atoms with Crippen molar-refractivity contribution in [1.82, 2.24) is 15.0 Å². The normalized spacial score (nSPS) is 16.9. The Balaban J connectivity index is 1.66. The largest absolute Gasteiger partial charge is 0.474 e. The standard InChI is InChI=1S/C24H25N5O3/c1-24(15-30)7-5-18-17(14-25)12-16(13-19(18)24)20-6-9-27-23(28-20)29-21-4-3-8-26-22(21)32-11-10-31-2/h3-4,6,8-9,12-13,30H,5,7,10-11,15H2,1-2H3,(H,27,28,29)/t24-/m0/s1. The topological polar surface area (TPSA) is 113 Å². The first-order valence-electron chi connectivity index (χ1n) is 10.4. The number of benzene rings is 1. The van der Waals surface area contributed by atoms with Gasteiger partial charge in [-0.25, -0.2) is 15.0 Å². The molecule has 0 amide bonds. The van der Waals surface area contributed by atoms with Gasteiger partial charge in [-0.3, -0.25) is 0 Å². The van der Waals surface area contributed by atoms with E-state index in [1.54, 1.807) is 31.6 Å². The third-order valence-electron chi connectivity index (χ3n) is 5.79. The molecule has 1 aliphatic carbocycles. The molecule has 1 aromatic carbocycles. The number of fused-ring (bicyclic) bond motifs is 1. The van der Waals surface area contributed by atoms with Crippen LogP contribution in [0.15, 0.2) is 42.7 Å². The number of nitriles is 1. The van der Waals surface area contributed by atoms with Crippen molar-refractivity contribution in [3.8, 4) is 23.2 Å². The number of aliphatic hydroxyl groups is 1. The lowest BCUT2D eigenvalue weighted by Crippen LogP contribution is -2.23. The van der Waals surface area contributed by atoms with Crippen molar-refractivity contribution in [2.24, 2.45) is 0 Å². The minimum absolute atomic E-state index is 0.0394. The molecule has 2 aromatic heterocycles. The lowest BCUT2D eigenvalue weighted by molar-refractivity contribution is 0.144. The molecule has 0 bridgehead atoms. The van der Waals surface area contributed by atoms with Crippen molar-refractivity contribution >= 4 is 11.6 Å². The molecule has 0 saturated carbocycles. The Morgan fingerprint density at radius 3 is 2.88 bits per heavy atom. The molecule has 32 heavy (non-hydrogen) atoms.